The summed E-state index contributed by atoms with van der Waals surface area (Å²) in [6.45, 7) is 2.40. The van der Waals surface area contributed by atoms with Crippen molar-refractivity contribution < 1.29 is 18.0 Å². The molecule has 1 saturated carbocycles. The average Bonchev–Trinajstić information content (AvgIpc) is 2.93. The molecule has 0 bridgehead atoms. The van der Waals surface area contributed by atoms with Crippen LogP contribution in [0.3, 0.4) is 0 Å². The number of hydrogen-bond donors (Lipinski definition) is 2. The van der Waals surface area contributed by atoms with Gasteiger partial charge in [0, 0.05) is 36.5 Å². The maximum absolute atomic E-state index is 13.5. The summed E-state index contributed by atoms with van der Waals surface area (Å²) in [6.07, 6.45) is 5.82. The van der Waals surface area contributed by atoms with E-state index in [0.29, 0.717) is 32.2 Å². The molecule has 2 heterocycles. The molecule has 2 amide bonds. The smallest absolute Gasteiger partial charge is 0.240 e. The second kappa shape index (κ2) is 11.0. The second-order valence-corrected chi connectivity index (χ2v) is 11.9. The Bertz CT molecular complexity index is 1400. The van der Waals surface area contributed by atoms with Crippen LogP contribution in [0.1, 0.15) is 42.9 Å². The number of carbonyl (C=O) groups excluding carboxylic acids is 2. The van der Waals surface area contributed by atoms with Gasteiger partial charge in [-0.2, -0.15) is 0 Å². The van der Waals surface area contributed by atoms with Gasteiger partial charge >= 0.3 is 0 Å². The highest BCUT2D eigenvalue weighted by molar-refractivity contribution is 7.89. The second-order valence-electron chi connectivity index (χ2n) is 10.1. The molecule has 1 aliphatic carbocycles. The van der Waals surface area contributed by atoms with Gasteiger partial charge in [-0.05, 0) is 67.5 Å². The number of pyridine rings is 1. The number of piperazine rings is 1. The number of aryl methyl sites for hydroxylation is 1. The van der Waals surface area contributed by atoms with E-state index in [1.807, 2.05) is 43.3 Å². The number of aromatic nitrogens is 1. The first kappa shape index (κ1) is 26.1. The highest BCUT2D eigenvalue weighted by Gasteiger charge is 2.37. The van der Waals surface area contributed by atoms with Gasteiger partial charge in [0.05, 0.1) is 10.9 Å². The SMILES string of the molecule is Cc1cncc(-c2ccc(S(=O)(=O)NC3CCC(C(=O)N4CC(=O)NC[C@@H]4c4ccccc4)CC3)cc2)c1. The van der Waals surface area contributed by atoms with Gasteiger partial charge in [-0.1, -0.05) is 42.5 Å². The molecule has 2 aliphatic rings. The highest BCUT2D eigenvalue weighted by Crippen LogP contribution is 2.31. The molecule has 0 spiro atoms. The third kappa shape index (κ3) is 5.79. The number of benzene rings is 2. The van der Waals surface area contributed by atoms with Crippen LogP contribution in [0.4, 0.5) is 0 Å². The molecular formula is C29H32N4O4S. The van der Waals surface area contributed by atoms with Crippen molar-refractivity contribution in [2.75, 3.05) is 13.1 Å². The van der Waals surface area contributed by atoms with Gasteiger partial charge in [0.1, 0.15) is 6.54 Å². The van der Waals surface area contributed by atoms with Crippen LogP contribution in [-0.2, 0) is 19.6 Å². The van der Waals surface area contributed by atoms with Gasteiger partial charge in [-0.15, -0.1) is 0 Å². The van der Waals surface area contributed by atoms with Gasteiger partial charge in [0.2, 0.25) is 21.8 Å². The first-order chi connectivity index (χ1) is 18.3. The number of sulfonamides is 1. The molecule has 0 unspecified atom stereocenters. The van der Waals surface area contributed by atoms with Crippen LogP contribution in [0.25, 0.3) is 11.1 Å². The number of nitrogens with one attached hydrogen (secondary N) is 2. The van der Waals surface area contributed by atoms with E-state index >= 15 is 0 Å². The van der Waals surface area contributed by atoms with Crippen molar-refractivity contribution in [3.63, 3.8) is 0 Å². The summed E-state index contributed by atoms with van der Waals surface area (Å²) < 4.78 is 28.9. The molecule has 1 atom stereocenters. The number of amides is 2. The third-order valence-electron chi connectivity index (χ3n) is 7.42. The molecule has 198 valence electrons. The van der Waals surface area contributed by atoms with Crippen LogP contribution >= 0.6 is 0 Å². The summed E-state index contributed by atoms with van der Waals surface area (Å²) in [5.41, 5.74) is 3.87. The van der Waals surface area contributed by atoms with Crippen LogP contribution in [0, 0.1) is 12.8 Å². The Labute approximate surface area is 223 Å². The number of rotatable bonds is 6. The van der Waals surface area contributed by atoms with Gasteiger partial charge in [-0.25, -0.2) is 13.1 Å². The van der Waals surface area contributed by atoms with Crippen LogP contribution in [0.15, 0.2) is 78.0 Å². The predicted octanol–water partition coefficient (Wildman–Crippen LogP) is 3.59. The largest absolute Gasteiger partial charge is 0.352 e. The first-order valence-electron chi connectivity index (χ1n) is 13.0. The van der Waals surface area contributed by atoms with Crippen molar-refractivity contribution in [3.05, 3.63) is 84.2 Å². The Kier molecular flexibility index (Phi) is 7.58. The van der Waals surface area contributed by atoms with E-state index in [2.05, 4.69) is 15.0 Å². The lowest BCUT2D eigenvalue weighted by Crippen LogP contribution is -2.54. The van der Waals surface area contributed by atoms with E-state index in [9.17, 15) is 18.0 Å². The van der Waals surface area contributed by atoms with E-state index in [0.717, 1.165) is 22.3 Å². The van der Waals surface area contributed by atoms with E-state index in [1.165, 1.54) is 0 Å². The lowest BCUT2D eigenvalue weighted by atomic mass is 9.85. The van der Waals surface area contributed by atoms with Crippen LogP contribution < -0.4 is 10.0 Å². The van der Waals surface area contributed by atoms with Crippen molar-refractivity contribution in [2.45, 2.75) is 49.6 Å². The molecule has 1 aliphatic heterocycles. The normalized spacial score (nSPS) is 22.1. The Morgan fingerprint density at radius 1 is 0.974 bits per heavy atom. The van der Waals surface area contributed by atoms with Gasteiger partial charge < -0.3 is 10.2 Å². The lowest BCUT2D eigenvalue weighted by molar-refractivity contribution is -0.145. The number of hydrogen-bond acceptors (Lipinski definition) is 5. The van der Waals surface area contributed by atoms with Crippen molar-refractivity contribution >= 4 is 21.8 Å². The molecule has 5 rings (SSSR count). The lowest BCUT2D eigenvalue weighted by Gasteiger charge is -2.39. The molecule has 2 fully saturated rings. The summed E-state index contributed by atoms with van der Waals surface area (Å²) in [5, 5.41) is 2.87. The van der Waals surface area contributed by atoms with Gasteiger partial charge in [0.15, 0.2) is 0 Å². The quantitative estimate of drug-likeness (QED) is 0.504. The number of nitrogens with zero attached hydrogens (tertiary/aromatic N) is 2. The summed E-state index contributed by atoms with van der Waals surface area (Å²) in [6, 6.07) is 18.1. The molecule has 38 heavy (non-hydrogen) atoms. The van der Waals surface area contributed by atoms with Gasteiger partial charge in [-0.3, -0.25) is 14.6 Å². The number of carbonyl (C=O) groups is 2. The van der Waals surface area contributed by atoms with Gasteiger partial charge in [0.25, 0.3) is 0 Å². The average molecular weight is 533 g/mol. The molecule has 1 aromatic heterocycles. The fourth-order valence-electron chi connectivity index (χ4n) is 5.37. The molecule has 0 radical (unpaired) electrons. The Hall–Kier alpha value is -3.56. The maximum atomic E-state index is 13.5. The highest BCUT2D eigenvalue weighted by atomic mass is 32.2. The zero-order valence-corrected chi connectivity index (χ0v) is 22.2. The molecule has 8 nitrogen and oxygen atoms in total. The minimum Gasteiger partial charge on any atom is -0.352 e. The first-order valence-corrected chi connectivity index (χ1v) is 14.4. The van der Waals surface area contributed by atoms with E-state index in [1.54, 1.807) is 41.6 Å². The molecule has 9 heteroatoms. The third-order valence-corrected chi connectivity index (χ3v) is 8.96. The zero-order chi connectivity index (χ0) is 26.7. The molecular weight excluding hydrogens is 500 g/mol. The Morgan fingerprint density at radius 3 is 2.37 bits per heavy atom. The van der Waals surface area contributed by atoms with E-state index in [4.69, 9.17) is 0 Å². The van der Waals surface area contributed by atoms with Crippen molar-refractivity contribution in [3.8, 4) is 11.1 Å². The van der Waals surface area contributed by atoms with Crippen molar-refractivity contribution in [2.24, 2.45) is 5.92 Å². The maximum Gasteiger partial charge on any atom is 0.240 e. The fourth-order valence-corrected chi connectivity index (χ4v) is 6.67. The minimum atomic E-state index is -3.69. The Balaban J connectivity index is 1.20. The minimum absolute atomic E-state index is 0.0313. The topological polar surface area (TPSA) is 108 Å². The van der Waals surface area contributed by atoms with Crippen molar-refractivity contribution in [1.29, 1.82) is 0 Å². The van der Waals surface area contributed by atoms with E-state index in [-0.39, 0.29) is 41.3 Å². The predicted molar refractivity (Wildman–Crippen MR) is 144 cm³/mol. The summed E-state index contributed by atoms with van der Waals surface area (Å²) >= 11 is 0. The van der Waals surface area contributed by atoms with Crippen LogP contribution in [-0.4, -0.2) is 49.2 Å². The van der Waals surface area contributed by atoms with Crippen molar-refractivity contribution in [1.82, 2.24) is 19.9 Å². The molecule has 1 saturated heterocycles. The van der Waals surface area contributed by atoms with E-state index < -0.39 is 10.0 Å². The summed E-state index contributed by atoms with van der Waals surface area (Å²) in [5.74, 6) is -0.414. The molecule has 2 N–H and O–H groups in total. The summed E-state index contributed by atoms with van der Waals surface area (Å²) in [7, 11) is -3.69. The zero-order valence-electron chi connectivity index (χ0n) is 21.3. The monoisotopic (exact) mass is 532 g/mol. The Morgan fingerprint density at radius 2 is 1.68 bits per heavy atom. The summed E-state index contributed by atoms with van der Waals surface area (Å²) in [4.78, 5) is 31.7. The standard InChI is InChI=1S/C29H32N4O4S/c1-20-15-24(17-30-16-20)21-9-13-26(14-10-21)38(36,37)32-25-11-7-23(8-12-25)29(35)33-19-28(34)31-18-27(33)22-5-3-2-4-6-22/h2-6,9-10,13-17,23,25,27,32H,7-8,11-12,18-19H2,1H3,(H,31,34)/t23?,25?,27-/m1/s1. The molecule has 2 aromatic carbocycles. The molecule has 3 aromatic rings. The van der Waals surface area contributed by atoms with Crippen LogP contribution in [0.2, 0.25) is 0 Å². The fraction of sp³-hybridized carbons (Fsp3) is 0.345. The van der Waals surface area contributed by atoms with Crippen LogP contribution in [0.5, 0.6) is 0 Å².